The molecule has 1 unspecified atom stereocenters. The molecule has 0 spiro atoms. The van der Waals surface area contributed by atoms with E-state index in [1.54, 1.807) is 7.11 Å². The van der Waals surface area contributed by atoms with Gasteiger partial charge >= 0.3 is 0 Å². The smallest absolute Gasteiger partial charge is 0.161 e. The Morgan fingerprint density at radius 1 is 1.10 bits per heavy atom. The molecule has 112 valence electrons. The number of nitrogens with two attached hydrogens (primary N) is 1. The largest absolute Gasteiger partial charge is 0.493 e. The van der Waals surface area contributed by atoms with Crippen molar-refractivity contribution in [3.05, 3.63) is 59.7 Å². The van der Waals surface area contributed by atoms with Crippen LogP contribution in [0.15, 0.2) is 48.5 Å². The molecule has 2 aromatic carbocycles. The zero-order valence-electron chi connectivity index (χ0n) is 12.4. The summed E-state index contributed by atoms with van der Waals surface area (Å²) in [6.45, 7) is 2.12. The third-order valence-corrected chi connectivity index (χ3v) is 3.43. The first-order chi connectivity index (χ1) is 10.1. The van der Waals surface area contributed by atoms with Crippen LogP contribution in [0.25, 0.3) is 0 Å². The lowest BCUT2D eigenvalue weighted by atomic mass is 9.95. The van der Waals surface area contributed by atoms with E-state index in [1.807, 2.05) is 55.5 Å². The molecule has 0 saturated carbocycles. The molecule has 0 heterocycles. The van der Waals surface area contributed by atoms with Crippen molar-refractivity contribution < 1.29 is 14.6 Å². The van der Waals surface area contributed by atoms with Crippen LogP contribution >= 0.6 is 0 Å². The predicted molar refractivity (Wildman–Crippen MR) is 82.6 cm³/mol. The lowest BCUT2D eigenvalue weighted by Gasteiger charge is -2.27. The van der Waals surface area contributed by atoms with Crippen molar-refractivity contribution in [1.29, 1.82) is 0 Å². The quantitative estimate of drug-likeness (QED) is 0.855. The van der Waals surface area contributed by atoms with E-state index < -0.39 is 5.60 Å². The second-order valence-electron chi connectivity index (χ2n) is 5.04. The van der Waals surface area contributed by atoms with Crippen molar-refractivity contribution in [3.63, 3.8) is 0 Å². The third-order valence-electron chi connectivity index (χ3n) is 3.43. The van der Waals surface area contributed by atoms with Crippen LogP contribution in [0.2, 0.25) is 0 Å². The highest BCUT2D eigenvalue weighted by Gasteiger charge is 2.29. The van der Waals surface area contributed by atoms with E-state index in [0.29, 0.717) is 11.5 Å². The van der Waals surface area contributed by atoms with Crippen LogP contribution in [0.4, 0.5) is 0 Å². The minimum absolute atomic E-state index is 0.0624. The first-order valence-corrected chi connectivity index (χ1v) is 6.84. The molecule has 0 fully saturated rings. The fourth-order valence-corrected chi connectivity index (χ4v) is 2.10. The molecule has 0 radical (unpaired) electrons. The minimum Gasteiger partial charge on any atom is -0.493 e. The number of methoxy groups -OCH3 is 1. The highest BCUT2D eigenvalue weighted by Crippen LogP contribution is 2.30. The maximum atomic E-state index is 10.7. The molecule has 1 atom stereocenters. The highest BCUT2D eigenvalue weighted by atomic mass is 16.5. The molecule has 0 bridgehead atoms. The van der Waals surface area contributed by atoms with Crippen LogP contribution in [-0.2, 0) is 5.60 Å². The lowest BCUT2D eigenvalue weighted by Crippen LogP contribution is -2.40. The van der Waals surface area contributed by atoms with Crippen molar-refractivity contribution in [1.82, 2.24) is 0 Å². The van der Waals surface area contributed by atoms with Gasteiger partial charge in [-0.15, -0.1) is 0 Å². The number of rotatable bonds is 6. The summed E-state index contributed by atoms with van der Waals surface area (Å²) in [7, 11) is 1.59. The van der Waals surface area contributed by atoms with Gasteiger partial charge in [-0.3, -0.25) is 0 Å². The number of hydrogen-bond donors (Lipinski definition) is 2. The Labute approximate surface area is 125 Å². The van der Waals surface area contributed by atoms with Crippen LogP contribution in [0, 0.1) is 6.92 Å². The van der Waals surface area contributed by atoms with Crippen molar-refractivity contribution in [3.8, 4) is 11.5 Å². The van der Waals surface area contributed by atoms with Gasteiger partial charge in [-0.25, -0.2) is 0 Å². The Morgan fingerprint density at radius 3 is 2.43 bits per heavy atom. The Bertz CT molecular complexity index is 586. The maximum Gasteiger partial charge on any atom is 0.161 e. The molecule has 3 N–H and O–H groups in total. The Kier molecular flexibility index (Phi) is 4.83. The van der Waals surface area contributed by atoms with Crippen molar-refractivity contribution in [2.45, 2.75) is 12.5 Å². The predicted octanol–water partition coefficient (Wildman–Crippen LogP) is 2.23. The minimum atomic E-state index is -1.23. The Balaban J connectivity index is 2.17. The molecule has 4 heteroatoms. The van der Waals surface area contributed by atoms with E-state index in [1.165, 1.54) is 0 Å². The molecule has 2 aromatic rings. The first-order valence-electron chi connectivity index (χ1n) is 6.84. The van der Waals surface area contributed by atoms with E-state index in [4.69, 9.17) is 15.2 Å². The molecular weight excluding hydrogens is 266 g/mol. The van der Waals surface area contributed by atoms with Crippen molar-refractivity contribution in [2.24, 2.45) is 5.73 Å². The highest BCUT2D eigenvalue weighted by molar-refractivity contribution is 5.42. The van der Waals surface area contributed by atoms with Crippen LogP contribution in [0.5, 0.6) is 11.5 Å². The van der Waals surface area contributed by atoms with Gasteiger partial charge in [0.15, 0.2) is 11.5 Å². The van der Waals surface area contributed by atoms with E-state index in [-0.39, 0.29) is 13.2 Å². The molecule has 0 amide bonds. The monoisotopic (exact) mass is 287 g/mol. The maximum absolute atomic E-state index is 10.7. The van der Waals surface area contributed by atoms with Gasteiger partial charge < -0.3 is 20.3 Å². The number of ether oxygens (including phenoxy) is 2. The number of hydrogen-bond acceptors (Lipinski definition) is 4. The van der Waals surface area contributed by atoms with Crippen LogP contribution in [0.1, 0.15) is 11.1 Å². The zero-order valence-corrected chi connectivity index (χ0v) is 12.4. The van der Waals surface area contributed by atoms with E-state index in [9.17, 15) is 5.11 Å². The number of aliphatic hydroxyl groups is 1. The fraction of sp³-hybridized carbons (Fsp3) is 0.294. The normalized spacial score (nSPS) is 13.5. The average molecular weight is 287 g/mol. The molecular formula is C17H21NO3. The summed E-state index contributed by atoms with van der Waals surface area (Å²) in [5.74, 6) is 1.23. The van der Waals surface area contributed by atoms with Crippen LogP contribution in [-0.4, -0.2) is 25.4 Å². The van der Waals surface area contributed by atoms with Crippen LogP contribution < -0.4 is 15.2 Å². The van der Waals surface area contributed by atoms with Crippen molar-refractivity contribution in [2.75, 3.05) is 20.3 Å². The van der Waals surface area contributed by atoms with Crippen molar-refractivity contribution >= 4 is 0 Å². The molecule has 4 nitrogen and oxygen atoms in total. The second kappa shape index (κ2) is 6.61. The summed E-state index contributed by atoms with van der Waals surface area (Å²) in [5.41, 5.74) is 6.33. The Morgan fingerprint density at radius 2 is 1.81 bits per heavy atom. The van der Waals surface area contributed by atoms with E-state index in [0.717, 1.165) is 11.1 Å². The average Bonchev–Trinajstić information content (AvgIpc) is 2.54. The fourth-order valence-electron chi connectivity index (χ4n) is 2.10. The molecule has 0 aliphatic carbocycles. The summed E-state index contributed by atoms with van der Waals surface area (Å²) < 4.78 is 11.0. The Hall–Kier alpha value is -2.04. The molecule has 21 heavy (non-hydrogen) atoms. The van der Waals surface area contributed by atoms with Gasteiger partial charge in [-0.05, 0) is 30.2 Å². The second-order valence-corrected chi connectivity index (χ2v) is 5.04. The summed E-state index contributed by atoms with van der Waals surface area (Å²) in [6.07, 6.45) is 0. The van der Waals surface area contributed by atoms with E-state index in [2.05, 4.69) is 0 Å². The number of benzene rings is 2. The summed E-state index contributed by atoms with van der Waals surface area (Å²) in [5, 5.41) is 10.7. The van der Waals surface area contributed by atoms with Crippen LogP contribution in [0.3, 0.4) is 0 Å². The van der Waals surface area contributed by atoms with Gasteiger partial charge in [-0.2, -0.15) is 0 Å². The molecule has 0 aliphatic rings. The topological polar surface area (TPSA) is 64.7 Å². The summed E-state index contributed by atoms with van der Waals surface area (Å²) in [4.78, 5) is 0. The third kappa shape index (κ3) is 3.54. The molecule has 0 aromatic heterocycles. The van der Waals surface area contributed by atoms with Gasteiger partial charge in [0, 0.05) is 6.54 Å². The SMILES string of the molecule is COc1cc(C)ccc1OCC(O)(CN)c1ccccc1. The zero-order chi connectivity index (χ0) is 15.3. The molecule has 2 rings (SSSR count). The summed E-state index contributed by atoms with van der Waals surface area (Å²) in [6, 6.07) is 14.9. The summed E-state index contributed by atoms with van der Waals surface area (Å²) >= 11 is 0. The van der Waals surface area contributed by atoms with Gasteiger partial charge in [0.25, 0.3) is 0 Å². The molecule has 0 saturated heterocycles. The standard InChI is InChI=1S/C17H21NO3/c1-13-8-9-15(16(10-13)20-2)21-12-17(19,11-18)14-6-4-3-5-7-14/h3-10,19H,11-12,18H2,1-2H3. The molecule has 0 aliphatic heterocycles. The first kappa shape index (κ1) is 15.4. The van der Waals surface area contributed by atoms with Gasteiger partial charge in [-0.1, -0.05) is 36.4 Å². The van der Waals surface area contributed by atoms with Gasteiger partial charge in [0.2, 0.25) is 0 Å². The van der Waals surface area contributed by atoms with Gasteiger partial charge in [0.05, 0.1) is 7.11 Å². The lowest BCUT2D eigenvalue weighted by molar-refractivity contribution is -0.00212. The van der Waals surface area contributed by atoms with Gasteiger partial charge in [0.1, 0.15) is 12.2 Å². The number of aryl methyl sites for hydroxylation is 1. The van der Waals surface area contributed by atoms with E-state index >= 15 is 0 Å².